The maximum atomic E-state index is 10.6. The summed E-state index contributed by atoms with van der Waals surface area (Å²) in [4.78, 5) is 10.6. The SMILES string of the molecule is COc1ccc(/C(=C\C=C\C(=O)O)c2ccccc2)cc1. The number of carboxylic acid groups (broad SMARTS) is 1. The number of allylic oxidation sites excluding steroid dienone is 2. The van der Waals surface area contributed by atoms with Crippen LogP contribution in [-0.4, -0.2) is 18.2 Å². The molecule has 0 aromatic heterocycles. The van der Waals surface area contributed by atoms with Crippen LogP contribution in [-0.2, 0) is 4.79 Å². The summed E-state index contributed by atoms with van der Waals surface area (Å²) in [7, 11) is 1.62. The van der Waals surface area contributed by atoms with Gasteiger partial charge in [-0.25, -0.2) is 4.79 Å². The zero-order valence-corrected chi connectivity index (χ0v) is 11.7. The third-order valence-corrected chi connectivity index (χ3v) is 2.99. The van der Waals surface area contributed by atoms with Gasteiger partial charge in [-0.3, -0.25) is 0 Å². The molecular weight excluding hydrogens is 264 g/mol. The normalized spacial score (nSPS) is 11.6. The highest BCUT2D eigenvalue weighted by Gasteiger charge is 2.04. The van der Waals surface area contributed by atoms with E-state index < -0.39 is 5.97 Å². The van der Waals surface area contributed by atoms with Crippen LogP contribution in [0.3, 0.4) is 0 Å². The van der Waals surface area contributed by atoms with Gasteiger partial charge in [0.1, 0.15) is 5.75 Å². The molecule has 0 amide bonds. The van der Waals surface area contributed by atoms with Gasteiger partial charge in [0.2, 0.25) is 0 Å². The number of benzene rings is 2. The predicted molar refractivity (Wildman–Crippen MR) is 83.3 cm³/mol. The molecule has 0 saturated carbocycles. The first kappa shape index (κ1) is 14.6. The van der Waals surface area contributed by atoms with Crippen LogP contribution in [0.5, 0.6) is 5.75 Å². The van der Waals surface area contributed by atoms with E-state index in [9.17, 15) is 4.79 Å². The fourth-order valence-electron chi connectivity index (χ4n) is 1.97. The van der Waals surface area contributed by atoms with Gasteiger partial charge < -0.3 is 9.84 Å². The monoisotopic (exact) mass is 280 g/mol. The van der Waals surface area contributed by atoms with E-state index in [-0.39, 0.29) is 0 Å². The molecule has 0 heterocycles. The Hall–Kier alpha value is -2.81. The van der Waals surface area contributed by atoms with Crippen molar-refractivity contribution in [2.45, 2.75) is 0 Å². The van der Waals surface area contributed by atoms with Crippen LogP contribution in [0.2, 0.25) is 0 Å². The van der Waals surface area contributed by atoms with Gasteiger partial charge in [0.25, 0.3) is 0 Å². The van der Waals surface area contributed by atoms with Crippen LogP contribution < -0.4 is 4.74 Å². The second kappa shape index (κ2) is 7.10. The number of carboxylic acids is 1. The molecule has 0 aliphatic carbocycles. The summed E-state index contributed by atoms with van der Waals surface area (Å²) >= 11 is 0. The van der Waals surface area contributed by atoms with E-state index in [4.69, 9.17) is 9.84 Å². The van der Waals surface area contributed by atoms with Crippen LogP contribution >= 0.6 is 0 Å². The molecule has 0 spiro atoms. The Morgan fingerprint density at radius 2 is 1.62 bits per heavy atom. The van der Waals surface area contributed by atoms with Crippen LogP contribution in [0.4, 0.5) is 0 Å². The van der Waals surface area contributed by atoms with Crippen molar-refractivity contribution in [1.82, 2.24) is 0 Å². The Morgan fingerprint density at radius 1 is 1.00 bits per heavy atom. The number of rotatable bonds is 5. The molecule has 21 heavy (non-hydrogen) atoms. The number of ether oxygens (including phenoxy) is 1. The third kappa shape index (κ3) is 4.08. The van der Waals surface area contributed by atoms with E-state index in [2.05, 4.69) is 0 Å². The summed E-state index contributed by atoms with van der Waals surface area (Å²) in [5.74, 6) is -0.180. The lowest BCUT2D eigenvalue weighted by Gasteiger charge is -2.08. The molecule has 106 valence electrons. The average molecular weight is 280 g/mol. The highest BCUT2D eigenvalue weighted by Crippen LogP contribution is 2.25. The van der Waals surface area contributed by atoms with Crippen molar-refractivity contribution in [2.75, 3.05) is 7.11 Å². The van der Waals surface area contributed by atoms with Crippen molar-refractivity contribution in [3.05, 3.63) is 84.0 Å². The number of carbonyl (C=O) groups is 1. The fraction of sp³-hybridized carbons (Fsp3) is 0.0556. The molecule has 0 bridgehead atoms. The summed E-state index contributed by atoms with van der Waals surface area (Å²) in [5, 5.41) is 8.70. The minimum atomic E-state index is -0.964. The van der Waals surface area contributed by atoms with Gasteiger partial charge in [-0.05, 0) is 28.8 Å². The van der Waals surface area contributed by atoms with Crippen molar-refractivity contribution < 1.29 is 14.6 Å². The Balaban J connectivity index is 2.42. The van der Waals surface area contributed by atoms with E-state index in [1.54, 1.807) is 13.2 Å². The summed E-state index contributed by atoms with van der Waals surface area (Å²) in [5.41, 5.74) is 2.98. The molecule has 3 heteroatoms. The Labute approximate surface area is 123 Å². The van der Waals surface area contributed by atoms with Gasteiger partial charge in [-0.1, -0.05) is 54.6 Å². The third-order valence-electron chi connectivity index (χ3n) is 2.99. The van der Waals surface area contributed by atoms with Crippen molar-refractivity contribution in [1.29, 1.82) is 0 Å². The van der Waals surface area contributed by atoms with E-state index >= 15 is 0 Å². The highest BCUT2D eigenvalue weighted by atomic mass is 16.5. The molecule has 2 aromatic rings. The van der Waals surface area contributed by atoms with Crippen LogP contribution in [0.25, 0.3) is 5.57 Å². The van der Waals surface area contributed by atoms with Gasteiger partial charge in [0.05, 0.1) is 7.11 Å². The minimum absolute atomic E-state index is 0.784. The molecule has 0 aliphatic heterocycles. The summed E-state index contributed by atoms with van der Waals surface area (Å²) in [6.45, 7) is 0. The summed E-state index contributed by atoms with van der Waals surface area (Å²) in [6, 6.07) is 17.5. The van der Waals surface area contributed by atoms with Gasteiger partial charge in [-0.2, -0.15) is 0 Å². The van der Waals surface area contributed by atoms with Crippen molar-refractivity contribution in [3.63, 3.8) is 0 Å². The zero-order valence-electron chi connectivity index (χ0n) is 11.7. The highest BCUT2D eigenvalue weighted by molar-refractivity contribution is 5.84. The van der Waals surface area contributed by atoms with E-state index in [1.165, 1.54) is 6.08 Å². The van der Waals surface area contributed by atoms with E-state index in [0.29, 0.717) is 0 Å². The van der Waals surface area contributed by atoms with Gasteiger partial charge in [0.15, 0.2) is 0 Å². The van der Waals surface area contributed by atoms with Crippen LogP contribution in [0.15, 0.2) is 72.8 Å². The number of aliphatic carboxylic acids is 1. The number of hydrogen-bond acceptors (Lipinski definition) is 2. The van der Waals surface area contributed by atoms with Gasteiger partial charge in [0, 0.05) is 6.08 Å². The Morgan fingerprint density at radius 3 is 2.19 bits per heavy atom. The molecule has 0 saturated heterocycles. The number of methoxy groups -OCH3 is 1. The molecule has 0 aliphatic rings. The lowest BCUT2D eigenvalue weighted by Crippen LogP contribution is -1.89. The molecule has 0 unspecified atom stereocenters. The quantitative estimate of drug-likeness (QED) is 0.670. The van der Waals surface area contributed by atoms with Crippen LogP contribution in [0.1, 0.15) is 11.1 Å². The van der Waals surface area contributed by atoms with Gasteiger partial charge in [-0.15, -0.1) is 0 Å². The lowest BCUT2D eigenvalue weighted by atomic mass is 9.97. The maximum Gasteiger partial charge on any atom is 0.328 e. The topological polar surface area (TPSA) is 46.5 Å². The Bertz CT molecular complexity index is 653. The molecule has 0 fully saturated rings. The molecule has 0 atom stereocenters. The summed E-state index contributed by atoms with van der Waals surface area (Å²) in [6.07, 6.45) is 4.45. The molecule has 3 nitrogen and oxygen atoms in total. The van der Waals surface area contributed by atoms with Crippen molar-refractivity contribution >= 4 is 11.5 Å². The molecule has 2 aromatic carbocycles. The van der Waals surface area contributed by atoms with Gasteiger partial charge >= 0.3 is 5.97 Å². The maximum absolute atomic E-state index is 10.6. The molecular formula is C18H16O3. The lowest BCUT2D eigenvalue weighted by molar-refractivity contribution is -0.131. The zero-order chi connectivity index (χ0) is 15.1. The Kier molecular flexibility index (Phi) is 4.94. The van der Waals surface area contributed by atoms with Crippen molar-refractivity contribution in [2.24, 2.45) is 0 Å². The standard InChI is InChI=1S/C18H16O3/c1-21-16-12-10-15(11-13-16)17(8-5-9-18(19)20)14-6-3-2-4-7-14/h2-13H,1H3,(H,19,20)/b9-5+,17-8-. The minimum Gasteiger partial charge on any atom is -0.497 e. The molecule has 2 rings (SSSR count). The average Bonchev–Trinajstić information content (AvgIpc) is 2.52. The van der Waals surface area contributed by atoms with Crippen LogP contribution in [0, 0.1) is 0 Å². The number of hydrogen-bond donors (Lipinski definition) is 1. The second-order valence-corrected chi connectivity index (χ2v) is 4.37. The predicted octanol–water partition coefficient (Wildman–Crippen LogP) is 3.77. The molecule has 1 N–H and O–H groups in total. The van der Waals surface area contributed by atoms with Crippen molar-refractivity contribution in [3.8, 4) is 5.75 Å². The first-order valence-electron chi connectivity index (χ1n) is 6.52. The summed E-state index contributed by atoms with van der Waals surface area (Å²) < 4.78 is 5.16. The fourth-order valence-corrected chi connectivity index (χ4v) is 1.97. The largest absolute Gasteiger partial charge is 0.497 e. The van der Waals surface area contributed by atoms with E-state index in [1.807, 2.05) is 54.6 Å². The molecule has 0 radical (unpaired) electrons. The smallest absolute Gasteiger partial charge is 0.328 e. The second-order valence-electron chi connectivity index (χ2n) is 4.37. The first-order valence-corrected chi connectivity index (χ1v) is 6.52. The first-order chi connectivity index (χ1) is 10.2. The van der Waals surface area contributed by atoms with E-state index in [0.717, 1.165) is 28.5 Å².